The summed E-state index contributed by atoms with van der Waals surface area (Å²) in [6, 6.07) is 0.309. The molecule has 1 rings (SSSR count). The Morgan fingerprint density at radius 2 is 2.06 bits per heavy atom. The van der Waals surface area contributed by atoms with Gasteiger partial charge < -0.3 is 9.64 Å². The smallest absolute Gasteiger partial charge is 0.410 e. The number of hydrogen-bond acceptors (Lipinski definition) is 2. The van der Waals surface area contributed by atoms with Crippen molar-refractivity contribution in [1.82, 2.24) is 4.90 Å². The minimum Gasteiger partial charge on any atom is -0.447 e. The number of cyclic esters (lactones) is 1. The molecule has 0 aromatic carbocycles. The first kappa shape index (κ1) is 14.3. The molecule has 17 heavy (non-hydrogen) atoms. The molecule has 1 aliphatic rings. The van der Waals surface area contributed by atoms with Gasteiger partial charge in [-0.15, -0.1) is 0 Å². The molecule has 1 amide bonds. The molecular formula is C14H27NO2. The van der Waals surface area contributed by atoms with E-state index in [2.05, 4.69) is 20.8 Å². The van der Waals surface area contributed by atoms with E-state index < -0.39 is 0 Å². The molecule has 0 radical (unpaired) electrons. The van der Waals surface area contributed by atoms with Crippen LogP contribution in [-0.2, 0) is 4.74 Å². The van der Waals surface area contributed by atoms with Gasteiger partial charge >= 0.3 is 6.09 Å². The van der Waals surface area contributed by atoms with Crippen LogP contribution in [0.4, 0.5) is 4.79 Å². The zero-order valence-corrected chi connectivity index (χ0v) is 11.6. The second kappa shape index (κ2) is 7.57. The number of hydrogen-bond donors (Lipinski definition) is 0. The summed E-state index contributed by atoms with van der Waals surface area (Å²) in [6.07, 6.45) is 7.30. The van der Waals surface area contributed by atoms with Crippen LogP contribution in [0.25, 0.3) is 0 Å². The number of nitrogens with zero attached hydrogens (tertiary/aromatic N) is 1. The van der Waals surface area contributed by atoms with Crippen LogP contribution in [0, 0.1) is 5.92 Å². The van der Waals surface area contributed by atoms with Gasteiger partial charge in [0.15, 0.2) is 0 Å². The van der Waals surface area contributed by atoms with Gasteiger partial charge in [0, 0.05) is 6.54 Å². The number of carbonyl (C=O) groups is 1. The van der Waals surface area contributed by atoms with Crippen molar-refractivity contribution >= 4 is 6.09 Å². The minimum absolute atomic E-state index is 0.114. The Balaban J connectivity index is 2.34. The molecule has 100 valence electrons. The minimum atomic E-state index is -0.114. The predicted molar refractivity (Wildman–Crippen MR) is 70.1 cm³/mol. The molecule has 1 saturated heterocycles. The van der Waals surface area contributed by atoms with Crippen LogP contribution < -0.4 is 0 Å². The molecule has 1 heterocycles. The van der Waals surface area contributed by atoms with Crippen molar-refractivity contribution in [2.45, 2.75) is 65.3 Å². The summed E-state index contributed by atoms with van der Waals surface area (Å²) in [5.74, 6) is 0.560. The third-order valence-corrected chi connectivity index (χ3v) is 3.65. The van der Waals surface area contributed by atoms with Gasteiger partial charge in [-0.2, -0.15) is 0 Å². The molecule has 2 unspecified atom stereocenters. The van der Waals surface area contributed by atoms with E-state index in [4.69, 9.17) is 4.74 Å². The van der Waals surface area contributed by atoms with Gasteiger partial charge in [0.05, 0.1) is 6.04 Å². The van der Waals surface area contributed by atoms with Crippen molar-refractivity contribution in [3.05, 3.63) is 0 Å². The first-order valence-corrected chi connectivity index (χ1v) is 7.14. The summed E-state index contributed by atoms with van der Waals surface area (Å²) in [7, 11) is 0. The zero-order valence-electron chi connectivity index (χ0n) is 11.6. The van der Waals surface area contributed by atoms with Crippen molar-refractivity contribution in [1.29, 1.82) is 0 Å². The lowest BCUT2D eigenvalue weighted by Crippen LogP contribution is -2.38. The molecule has 0 spiro atoms. The lowest BCUT2D eigenvalue weighted by atomic mass is 9.95. The number of rotatable bonds is 8. The molecule has 0 bridgehead atoms. The maximum Gasteiger partial charge on any atom is 0.410 e. The van der Waals surface area contributed by atoms with Crippen molar-refractivity contribution in [2.75, 3.05) is 13.2 Å². The first-order valence-electron chi connectivity index (χ1n) is 7.14. The van der Waals surface area contributed by atoms with Crippen LogP contribution in [0.3, 0.4) is 0 Å². The van der Waals surface area contributed by atoms with Crippen LogP contribution in [0.15, 0.2) is 0 Å². The Morgan fingerprint density at radius 3 is 2.71 bits per heavy atom. The lowest BCUT2D eigenvalue weighted by molar-refractivity contribution is 0.156. The molecule has 3 nitrogen and oxygen atoms in total. The van der Waals surface area contributed by atoms with E-state index in [0.717, 1.165) is 13.0 Å². The normalized spacial score (nSPS) is 21.7. The van der Waals surface area contributed by atoms with E-state index in [9.17, 15) is 4.79 Å². The molecule has 0 aliphatic carbocycles. The molecular weight excluding hydrogens is 214 g/mol. The lowest BCUT2D eigenvalue weighted by Gasteiger charge is -2.26. The third-order valence-electron chi connectivity index (χ3n) is 3.65. The number of amides is 1. The average Bonchev–Trinajstić information content (AvgIpc) is 2.67. The van der Waals surface area contributed by atoms with Crippen molar-refractivity contribution in [3.8, 4) is 0 Å². The third kappa shape index (κ3) is 4.21. The summed E-state index contributed by atoms with van der Waals surface area (Å²) in [5, 5.41) is 0. The topological polar surface area (TPSA) is 29.5 Å². The van der Waals surface area contributed by atoms with E-state index in [1.165, 1.54) is 32.1 Å². The Morgan fingerprint density at radius 1 is 1.29 bits per heavy atom. The summed E-state index contributed by atoms with van der Waals surface area (Å²) in [5.41, 5.74) is 0. The molecule has 3 heteroatoms. The van der Waals surface area contributed by atoms with Gasteiger partial charge in [0.25, 0.3) is 0 Å². The molecule has 2 atom stereocenters. The molecule has 1 aliphatic heterocycles. The quantitative estimate of drug-likeness (QED) is 0.604. The van der Waals surface area contributed by atoms with Crippen molar-refractivity contribution in [3.63, 3.8) is 0 Å². The number of ether oxygens (including phenoxy) is 1. The van der Waals surface area contributed by atoms with Crippen LogP contribution in [0.1, 0.15) is 59.3 Å². The van der Waals surface area contributed by atoms with Crippen LogP contribution in [0.5, 0.6) is 0 Å². The highest BCUT2D eigenvalue weighted by Crippen LogP contribution is 2.24. The Kier molecular flexibility index (Phi) is 6.38. The van der Waals surface area contributed by atoms with E-state index in [1.54, 1.807) is 0 Å². The van der Waals surface area contributed by atoms with E-state index >= 15 is 0 Å². The second-order valence-electron chi connectivity index (χ2n) is 5.16. The summed E-state index contributed by atoms with van der Waals surface area (Å²) < 4.78 is 5.17. The standard InChI is InChI=1S/C14H27NO2/c1-4-6-7-8-9-12(3)13-11-17-14(16)15(13)10-5-2/h12-13H,4-11H2,1-3H3. The molecule has 0 saturated carbocycles. The van der Waals surface area contributed by atoms with E-state index in [1.807, 2.05) is 4.90 Å². The number of carbonyl (C=O) groups excluding carboxylic acids is 1. The van der Waals surface area contributed by atoms with Gasteiger partial charge in [0.1, 0.15) is 6.61 Å². The molecule has 0 aromatic heterocycles. The van der Waals surface area contributed by atoms with Crippen molar-refractivity contribution < 1.29 is 9.53 Å². The van der Waals surface area contributed by atoms with Gasteiger partial charge in [0.2, 0.25) is 0 Å². The summed E-state index contributed by atoms with van der Waals surface area (Å²) in [6.45, 7) is 8.02. The van der Waals surface area contributed by atoms with E-state index in [-0.39, 0.29) is 6.09 Å². The fraction of sp³-hybridized carbons (Fsp3) is 0.929. The van der Waals surface area contributed by atoms with Crippen molar-refractivity contribution in [2.24, 2.45) is 5.92 Å². The average molecular weight is 241 g/mol. The van der Waals surface area contributed by atoms with Gasteiger partial charge in [-0.25, -0.2) is 4.79 Å². The fourth-order valence-electron chi connectivity index (χ4n) is 2.52. The highest BCUT2D eigenvalue weighted by atomic mass is 16.6. The Labute approximate surface area is 106 Å². The monoisotopic (exact) mass is 241 g/mol. The largest absolute Gasteiger partial charge is 0.447 e. The van der Waals surface area contributed by atoms with Gasteiger partial charge in [-0.3, -0.25) is 0 Å². The fourth-order valence-corrected chi connectivity index (χ4v) is 2.52. The number of unbranched alkanes of at least 4 members (excludes halogenated alkanes) is 3. The highest BCUT2D eigenvalue weighted by molar-refractivity contribution is 5.70. The van der Waals surface area contributed by atoms with Gasteiger partial charge in [-0.1, -0.05) is 46.5 Å². The second-order valence-corrected chi connectivity index (χ2v) is 5.16. The summed E-state index contributed by atoms with van der Waals surface area (Å²) in [4.78, 5) is 13.5. The Bertz CT molecular complexity index is 230. The maximum atomic E-state index is 11.6. The molecule has 0 aromatic rings. The van der Waals surface area contributed by atoms with Crippen LogP contribution in [0.2, 0.25) is 0 Å². The Hall–Kier alpha value is -0.730. The van der Waals surface area contributed by atoms with Crippen LogP contribution in [-0.4, -0.2) is 30.2 Å². The zero-order chi connectivity index (χ0) is 12.7. The SMILES string of the molecule is CCCCCCC(C)C1COC(=O)N1CCC. The molecule has 1 fully saturated rings. The van der Waals surface area contributed by atoms with Gasteiger partial charge in [-0.05, 0) is 18.8 Å². The molecule has 0 N–H and O–H groups in total. The highest BCUT2D eigenvalue weighted by Gasteiger charge is 2.35. The summed E-state index contributed by atoms with van der Waals surface area (Å²) >= 11 is 0. The maximum absolute atomic E-state index is 11.6. The van der Waals surface area contributed by atoms with Crippen LogP contribution >= 0.6 is 0 Å². The first-order chi connectivity index (χ1) is 8.20. The predicted octanol–water partition coefficient (Wildman–Crippen LogP) is 3.82. The van der Waals surface area contributed by atoms with E-state index in [0.29, 0.717) is 18.6 Å².